The van der Waals surface area contributed by atoms with Gasteiger partial charge in [-0.2, -0.15) is 0 Å². The number of carbonyl (C=O) groups is 1. The number of amides is 1. The first-order valence-corrected chi connectivity index (χ1v) is 8.71. The molecule has 0 aliphatic heterocycles. The Labute approximate surface area is 153 Å². The van der Waals surface area contributed by atoms with Gasteiger partial charge in [-0.05, 0) is 36.2 Å². The zero-order valence-corrected chi connectivity index (χ0v) is 15.0. The van der Waals surface area contributed by atoms with Crippen molar-refractivity contribution < 1.29 is 9.21 Å². The Morgan fingerprint density at radius 1 is 1.08 bits per heavy atom. The molecule has 1 aromatic heterocycles. The van der Waals surface area contributed by atoms with Crippen LogP contribution in [0.15, 0.2) is 71.6 Å². The molecule has 0 saturated carbocycles. The van der Waals surface area contributed by atoms with E-state index < -0.39 is 0 Å². The molecule has 1 amide bonds. The fraction of sp³-hybridized carbons (Fsp3) is 0.238. The van der Waals surface area contributed by atoms with Gasteiger partial charge in [0, 0.05) is 17.3 Å². The van der Waals surface area contributed by atoms with Crippen LogP contribution in [0.25, 0.3) is 11.3 Å². The Balaban J connectivity index is 1.68. The summed E-state index contributed by atoms with van der Waals surface area (Å²) < 4.78 is 5.28. The largest absolute Gasteiger partial charge is 0.444 e. The zero-order chi connectivity index (χ0) is 18.4. The molecule has 3 aromatic rings. The monoisotopic (exact) mass is 349 g/mol. The van der Waals surface area contributed by atoms with E-state index in [2.05, 4.69) is 15.6 Å². The maximum Gasteiger partial charge on any atom is 0.241 e. The second kappa shape index (κ2) is 8.45. The predicted molar refractivity (Wildman–Crippen MR) is 103 cm³/mol. The maximum absolute atomic E-state index is 12.8. The van der Waals surface area contributed by atoms with Crippen molar-refractivity contribution in [2.45, 2.75) is 32.4 Å². The summed E-state index contributed by atoms with van der Waals surface area (Å²) >= 11 is 0. The van der Waals surface area contributed by atoms with E-state index in [9.17, 15) is 4.79 Å². The van der Waals surface area contributed by atoms with Crippen LogP contribution in [0, 0.1) is 0 Å². The molecule has 5 nitrogen and oxygen atoms in total. The molecule has 0 aliphatic carbocycles. The Kier molecular flexibility index (Phi) is 5.81. The van der Waals surface area contributed by atoms with E-state index in [1.165, 1.54) is 6.39 Å². The Morgan fingerprint density at radius 2 is 1.81 bits per heavy atom. The lowest BCUT2D eigenvalue weighted by Gasteiger charge is -2.21. The van der Waals surface area contributed by atoms with Gasteiger partial charge in [-0.1, -0.05) is 44.2 Å². The Hall–Kier alpha value is -2.92. The number of aromatic nitrogens is 1. The van der Waals surface area contributed by atoms with E-state index >= 15 is 0 Å². The third kappa shape index (κ3) is 4.80. The third-order valence-electron chi connectivity index (χ3n) is 4.00. The van der Waals surface area contributed by atoms with Crippen molar-refractivity contribution in [1.29, 1.82) is 0 Å². The summed E-state index contributed by atoms with van der Waals surface area (Å²) in [7, 11) is 0. The van der Waals surface area contributed by atoms with Gasteiger partial charge in [0.15, 0.2) is 12.2 Å². The molecule has 0 bridgehead atoms. The van der Waals surface area contributed by atoms with Gasteiger partial charge in [-0.3, -0.25) is 4.79 Å². The minimum atomic E-state index is -0.300. The highest BCUT2D eigenvalue weighted by atomic mass is 16.3. The fourth-order valence-corrected chi connectivity index (χ4v) is 2.79. The summed E-state index contributed by atoms with van der Waals surface area (Å²) in [4.78, 5) is 16.7. The van der Waals surface area contributed by atoms with Gasteiger partial charge in [0.25, 0.3) is 0 Å². The lowest BCUT2D eigenvalue weighted by Crippen LogP contribution is -2.45. The molecule has 0 aliphatic rings. The molecule has 2 N–H and O–H groups in total. The first-order chi connectivity index (χ1) is 12.6. The van der Waals surface area contributed by atoms with Crippen molar-refractivity contribution in [3.05, 3.63) is 72.8 Å². The van der Waals surface area contributed by atoms with Crippen molar-refractivity contribution in [2.75, 3.05) is 5.32 Å². The summed E-state index contributed by atoms with van der Waals surface area (Å²) in [6.45, 7) is 4.08. The molecule has 0 radical (unpaired) electrons. The van der Waals surface area contributed by atoms with Crippen LogP contribution >= 0.6 is 0 Å². The van der Waals surface area contributed by atoms with Crippen molar-refractivity contribution in [3.63, 3.8) is 0 Å². The first-order valence-electron chi connectivity index (χ1n) is 8.71. The number of anilines is 1. The van der Waals surface area contributed by atoms with E-state index in [-0.39, 0.29) is 18.0 Å². The molecule has 2 aromatic carbocycles. The molecule has 1 heterocycles. The van der Waals surface area contributed by atoms with Gasteiger partial charge < -0.3 is 15.1 Å². The predicted octanol–water partition coefficient (Wildman–Crippen LogP) is 3.89. The molecule has 26 heavy (non-hydrogen) atoms. The van der Waals surface area contributed by atoms with Crippen LogP contribution in [0.4, 0.5) is 5.69 Å². The number of nitrogens with zero attached hydrogens (tertiary/aromatic N) is 1. The standard InChI is InChI=1S/C21H23N3O2/c1-15(2)23-19(12-16-6-4-3-5-7-16)21(25)24-18-10-8-17(9-11-18)20-13-22-14-26-20/h3-11,13-15,19,23H,12H2,1-2H3,(H,24,25). The van der Waals surface area contributed by atoms with Crippen LogP contribution in [0.1, 0.15) is 19.4 Å². The average molecular weight is 349 g/mol. The number of rotatable bonds is 7. The van der Waals surface area contributed by atoms with Gasteiger partial charge in [0.1, 0.15) is 0 Å². The SMILES string of the molecule is CC(C)NC(Cc1ccccc1)C(=O)Nc1ccc(-c2cnco2)cc1. The summed E-state index contributed by atoms with van der Waals surface area (Å²) in [5, 5.41) is 6.34. The molecule has 0 fully saturated rings. The van der Waals surface area contributed by atoms with Gasteiger partial charge in [-0.25, -0.2) is 4.98 Å². The second-order valence-electron chi connectivity index (χ2n) is 6.50. The Morgan fingerprint density at radius 3 is 2.42 bits per heavy atom. The zero-order valence-electron chi connectivity index (χ0n) is 15.0. The number of carbonyl (C=O) groups excluding carboxylic acids is 1. The summed E-state index contributed by atoms with van der Waals surface area (Å²) in [5.74, 6) is 0.654. The van der Waals surface area contributed by atoms with E-state index in [1.54, 1.807) is 6.20 Å². The Bertz CT molecular complexity index is 812. The number of hydrogen-bond donors (Lipinski definition) is 2. The van der Waals surface area contributed by atoms with Crippen molar-refractivity contribution in [1.82, 2.24) is 10.3 Å². The summed E-state index contributed by atoms with van der Waals surface area (Å²) in [5.41, 5.74) is 2.80. The fourth-order valence-electron chi connectivity index (χ4n) is 2.79. The van der Waals surface area contributed by atoms with Crippen LogP contribution in [-0.2, 0) is 11.2 Å². The van der Waals surface area contributed by atoms with Crippen LogP contribution in [0.2, 0.25) is 0 Å². The number of benzene rings is 2. The lowest BCUT2D eigenvalue weighted by molar-refractivity contribution is -0.118. The molecule has 0 spiro atoms. The maximum atomic E-state index is 12.8. The highest BCUT2D eigenvalue weighted by molar-refractivity contribution is 5.95. The molecule has 134 valence electrons. The van der Waals surface area contributed by atoms with Crippen molar-refractivity contribution >= 4 is 11.6 Å². The summed E-state index contributed by atoms with van der Waals surface area (Å²) in [6, 6.07) is 17.5. The van der Waals surface area contributed by atoms with Gasteiger partial charge in [0.05, 0.1) is 12.2 Å². The van der Waals surface area contributed by atoms with Crippen LogP contribution in [-0.4, -0.2) is 23.0 Å². The molecule has 1 atom stereocenters. The molecule has 0 saturated heterocycles. The number of hydrogen-bond acceptors (Lipinski definition) is 4. The topological polar surface area (TPSA) is 67.2 Å². The van der Waals surface area contributed by atoms with E-state index in [0.29, 0.717) is 12.2 Å². The smallest absolute Gasteiger partial charge is 0.241 e. The van der Waals surface area contributed by atoms with Crippen LogP contribution < -0.4 is 10.6 Å². The second-order valence-corrected chi connectivity index (χ2v) is 6.50. The summed E-state index contributed by atoms with van der Waals surface area (Å²) in [6.07, 6.45) is 3.70. The first kappa shape index (κ1) is 17.9. The highest BCUT2D eigenvalue weighted by Crippen LogP contribution is 2.21. The van der Waals surface area contributed by atoms with Gasteiger partial charge in [0.2, 0.25) is 5.91 Å². The van der Waals surface area contributed by atoms with Gasteiger partial charge >= 0.3 is 0 Å². The minimum absolute atomic E-state index is 0.0463. The lowest BCUT2D eigenvalue weighted by atomic mass is 10.0. The number of nitrogens with one attached hydrogen (secondary N) is 2. The molecule has 5 heteroatoms. The van der Waals surface area contributed by atoms with E-state index in [4.69, 9.17) is 4.42 Å². The van der Waals surface area contributed by atoms with Gasteiger partial charge in [-0.15, -0.1) is 0 Å². The highest BCUT2D eigenvalue weighted by Gasteiger charge is 2.19. The molecular formula is C21H23N3O2. The normalized spacial score (nSPS) is 12.1. The van der Waals surface area contributed by atoms with Crippen molar-refractivity contribution in [3.8, 4) is 11.3 Å². The average Bonchev–Trinajstić information content (AvgIpc) is 3.17. The van der Waals surface area contributed by atoms with Crippen LogP contribution in [0.5, 0.6) is 0 Å². The molecule has 3 rings (SSSR count). The minimum Gasteiger partial charge on any atom is -0.444 e. The number of oxazole rings is 1. The quantitative estimate of drug-likeness (QED) is 0.679. The van der Waals surface area contributed by atoms with E-state index in [0.717, 1.165) is 16.8 Å². The van der Waals surface area contributed by atoms with E-state index in [1.807, 2.05) is 68.4 Å². The third-order valence-corrected chi connectivity index (χ3v) is 4.00. The molecular weight excluding hydrogens is 326 g/mol. The van der Waals surface area contributed by atoms with Crippen LogP contribution in [0.3, 0.4) is 0 Å². The molecule has 1 unspecified atom stereocenters. The van der Waals surface area contributed by atoms with Crippen molar-refractivity contribution in [2.24, 2.45) is 0 Å².